The fourth-order valence-corrected chi connectivity index (χ4v) is 3.25. The second kappa shape index (κ2) is 7.32. The van der Waals surface area contributed by atoms with Gasteiger partial charge in [-0.2, -0.15) is 0 Å². The van der Waals surface area contributed by atoms with Crippen molar-refractivity contribution in [2.45, 2.75) is 0 Å². The summed E-state index contributed by atoms with van der Waals surface area (Å²) in [5, 5.41) is 19.2. The highest BCUT2D eigenvalue weighted by atomic mass is 32.2. The molecule has 1 saturated heterocycles. The number of benzene rings is 1. The van der Waals surface area contributed by atoms with E-state index in [2.05, 4.69) is 11.6 Å². The minimum atomic E-state index is -1.23. The van der Waals surface area contributed by atoms with Crippen LogP contribution in [-0.4, -0.2) is 38.7 Å². The van der Waals surface area contributed by atoms with Gasteiger partial charge in [-0.25, -0.2) is 9.79 Å². The van der Waals surface area contributed by atoms with Crippen LogP contribution in [0.15, 0.2) is 63.6 Å². The van der Waals surface area contributed by atoms with Gasteiger partial charge < -0.3 is 14.6 Å². The second-order valence-electron chi connectivity index (χ2n) is 5.23. The van der Waals surface area contributed by atoms with Crippen LogP contribution in [0.5, 0.6) is 5.75 Å². The zero-order chi connectivity index (χ0) is 18.7. The molecule has 26 heavy (non-hydrogen) atoms. The lowest BCUT2D eigenvalue weighted by Crippen LogP contribution is -2.29. The summed E-state index contributed by atoms with van der Waals surface area (Å²) in [6.45, 7) is 3.91. The van der Waals surface area contributed by atoms with Gasteiger partial charge in [0.1, 0.15) is 17.1 Å². The van der Waals surface area contributed by atoms with Crippen molar-refractivity contribution >= 4 is 40.6 Å². The topological polar surface area (TPSA) is 103 Å². The highest BCUT2D eigenvalue weighted by Crippen LogP contribution is 2.35. The average Bonchev–Trinajstić information content (AvgIpc) is 3.19. The molecule has 1 fully saturated rings. The van der Waals surface area contributed by atoms with Crippen molar-refractivity contribution in [3.05, 3.63) is 65.5 Å². The summed E-state index contributed by atoms with van der Waals surface area (Å²) in [5.41, 5.74) is 0.113. The number of hydrogen-bond acceptors (Lipinski definition) is 6. The smallest absolute Gasteiger partial charge is 0.339 e. The molecule has 2 aromatic rings. The van der Waals surface area contributed by atoms with Gasteiger partial charge in [-0.05, 0) is 36.0 Å². The van der Waals surface area contributed by atoms with E-state index in [4.69, 9.17) is 9.52 Å². The molecule has 2 heterocycles. The summed E-state index contributed by atoms with van der Waals surface area (Å²) in [7, 11) is 0. The van der Waals surface area contributed by atoms with Crippen LogP contribution in [0.25, 0.3) is 6.08 Å². The third-order valence-electron chi connectivity index (χ3n) is 3.45. The number of carboxylic acids is 1. The van der Waals surface area contributed by atoms with Crippen LogP contribution in [-0.2, 0) is 4.79 Å². The first-order valence-electron chi connectivity index (χ1n) is 7.50. The molecular formula is C18H14N2O5S. The molecule has 0 spiro atoms. The predicted molar refractivity (Wildman–Crippen MR) is 98.3 cm³/mol. The number of nitrogens with zero attached hydrogens (tertiary/aromatic N) is 2. The van der Waals surface area contributed by atoms with Crippen LogP contribution in [0.3, 0.4) is 0 Å². The summed E-state index contributed by atoms with van der Waals surface area (Å²) in [4.78, 5) is 29.8. The summed E-state index contributed by atoms with van der Waals surface area (Å²) < 4.78 is 5.23. The number of thioether (sulfide) groups is 1. The van der Waals surface area contributed by atoms with E-state index in [9.17, 15) is 14.7 Å². The lowest BCUT2D eigenvalue weighted by Gasteiger charge is -2.12. The number of aromatic hydroxyl groups is 1. The maximum absolute atomic E-state index is 12.6. The van der Waals surface area contributed by atoms with E-state index in [1.54, 1.807) is 24.3 Å². The number of rotatable bonds is 5. The molecule has 0 aliphatic carbocycles. The second-order valence-corrected chi connectivity index (χ2v) is 6.24. The van der Waals surface area contributed by atoms with Crippen molar-refractivity contribution in [3.8, 4) is 5.75 Å². The molecule has 7 nitrogen and oxygen atoms in total. The highest BCUT2D eigenvalue weighted by molar-refractivity contribution is 8.18. The molecule has 0 saturated carbocycles. The molecule has 1 aromatic heterocycles. The summed E-state index contributed by atoms with van der Waals surface area (Å²) in [6.07, 6.45) is 4.71. The van der Waals surface area contributed by atoms with Crippen LogP contribution in [0.2, 0.25) is 0 Å². The van der Waals surface area contributed by atoms with Crippen molar-refractivity contribution in [1.29, 1.82) is 0 Å². The Kier molecular flexibility index (Phi) is 4.94. The minimum Gasteiger partial charge on any atom is -0.507 e. The largest absolute Gasteiger partial charge is 0.507 e. The molecule has 1 aromatic carbocycles. The zero-order valence-electron chi connectivity index (χ0n) is 13.5. The Morgan fingerprint density at radius 1 is 1.38 bits per heavy atom. The molecule has 0 radical (unpaired) electrons. The Balaban J connectivity index is 1.95. The van der Waals surface area contributed by atoms with E-state index in [0.29, 0.717) is 21.5 Å². The standard InChI is InChI=1S/C18H14N2O5S/c1-2-7-20-16(22)15(10-12-4-3-8-25-12)26-18(20)19-11-5-6-13(17(23)24)14(21)9-11/h2-6,8-10,21H,1,7H2,(H,23,24)/b15-10-,19-18?. The normalized spacial score (nSPS) is 17.2. The van der Waals surface area contributed by atoms with Gasteiger partial charge in [0.15, 0.2) is 5.17 Å². The third-order valence-corrected chi connectivity index (χ3v) is 4.46. The Morgan fingerprint density at radius 2 is 2.19 bits per heavy atom. The van der Waals surface area contributed by atoms with Crippen LogP contribution in [0.1, 0.15) is 16.1 Å². The number of amides is 1. The van der Waals surface area contributed by atoms with Gasteiger partial charge in [-0.1, -0.05) is 6.08 Å². The number of aromatic carboxylic acids is 1. The summed E-state index contributed by atoms with van der Waals surface area (Å²) in [5.74, 6) is -1.32. The Bertz CT molecular complexity index is 931. The Morgan fingerprint density at radius 3 is 2.81 bits per heavy atom. The molecule has 2 N–H and O–H groups in total. The number of carbonyl (C=O) groups is 2. The quantitative estimate of drug-likeness (QED) is 0.617. The number of carboxylic acid groups (broad SMARTS) is 1. The average molecular weight is 370 g/mol. The molecule has 0 atom stereocenters. The van der Waals surface area contributed by atoms with Crippen LogP contribution in [0.4, 0.5) is 5.69 Å². The molecule has 0 unspecified atom stereocenters. The van der Waals surface area contributed by atoms with Crippen LogP contribution >= 0.6 is 11.8 Å². The molecule has 3 rings (SSSR count). The minimum absolute atomic E-state index is 0.217. The molecular weight excluding hydrogens is 356 g/mol. The van der Waals surface area contributed by atoms with Crippen LogP contribution in [0, 0.1) is 0 Å². The van der Waals surface area contributed by atoms with Gasteiger partial charge in [0.25, 0.3) is 5.91 Å². The van der Waals surface area contributed by atoms with Gasteiger partial charge in [0, 0.05) is 18.7 Å². The van der Waals surface area contributed by atoms with E-state index in [-0.39, 0.29) is 18.0 Å². The number of phenols is 1. The van der Waals surface area contributed by atoms with E-state index < -0.39 is 11.7 Å². The lowest BCUT2D eigenvalue weighted by atomic mass is 10.2. The molecule has 0 bridgehead atoms. The van der Waals surface area contributed by atoms with Gasteiger partial charge in [-0.3, -0.25) is 9.69 Å². The van der Waals surface area contributed by atoms with Crippen molar-refractivity contribution < 1.29 is 24.2 Å². The number of hydrogen-bond donors (Lipinski definition) is 2. The number of furan rings is 1. The van der Waals surface area contributed by atoms with Gasteiger partial charge >= 0.3 is 5.97 Å². The first-order chi connectivity index (χ1) is 12.5. The number of aliphatic imine (C=N–C) groups is 1. The third kappa shape index (κ3) is 3.55. The van der Waals surface area contributed by atoms with Crippen molar-refractivity contribution in [1.82, 2.24) is 4.90 Å². The number of amidine groups is 1. The predicted octanol–water partition coefficient (Wildman–Crippen LogP) is 3.47. The summed E-state index contributed by atoms with van der Waals surface area (Å²) >= 11 is 1.16. The molecule has 1 amide bonds. The maximum atomic E-state index is 12.6. The van der Waals surface area contributed by atoms with E-state index in [1.165, 1.54) is 29.4 Å². The molecule has 132 valence electrons. The van der Waals surface area contributed by atoms with Crippen molar-refractivity contribution in [2.24, 2.45) is 4.99 Å². The Hall–Kier alpha value is -3.26. The lowest BCUT2D eigenvalue weighted by molar-refractivity contribution is -0.121. The van der Waals surface area contributed by atoms with E-state index in [0.717, 1.165) is 11.8 Å². The van der Waals surface area contributed by atoms with Crippen molar-refractivity contribution in [2.75, 3.05) is 6.54 Å². The summed E-state index contributed by atoms with van der Waals surface area (Å²) in [6, 6.07) is 7.41. The van der Waals surface area contributed by atoms with E-state index >= 15 is 0 Å². The zero-order valence-corrected chi connectivity index (χ0v) is 14.3. The highest BCUT2D eigenvalue weighted by Gasteiger charge is 2.32. The number of carbonyl (C=O) groups excluding carboxylic acids is 1. The van der Waals surface area contributed by atoms with E-state index in [1.807, 2.05) is 0 Å². The molecule has 8 heteroatoms. The SMILES string of the molecule is C=CCN1C(=O)/C(=C/c2ccco2)SC1=Nc1ccc(C(=O)O)c(O)c1. The van der Waals surface area contributed by atoms with Gasteiger partial charge in [-0.15, -0.1) is 6.58 Å². The maximum Gasteiger partial charge on any atom is 0.339 e. The van der Waals surface area contributed by atoms with Crippen molar-refractivity contribution in [3.63, 3.8) is 0 Å². The Labute approximate surface area is 153 Å². The van der Waals surface area contributed by atoms with Crippen LogP contribution < -0.4 is 0 Å². The fourth-order valence-electron chi connectivity index (χ4n) is 2.26. The first kappa shape index (κ1) is 17.6. The first-order valence-corrected chi connectivity index (χ1v) is 8.32. The monoisotopic (exact) mass is 370 g/mol. The van der Waals surface area contributed by atoms with Gasteiger partial charge in [0.05, 0.1) is 16.9 Å². The van der Waals surface area contributed by atoms with Gasteiger partial charge in [0.2, 0.25) is 0 Å². The fraction of sp³-hybridized carbons (Fsp3) is 0.0556. The molecule has 1 aliphatic heterocycles. The molecule has 1 aliphatic rings.